The van der Waals surface area contributed by atoms with Crippen molar-refractivity contribution in [3.8, 4) is 0 Å². The van der Waals surface area contributed by atoms with Crippen molar-refractivity contribution in [2.45, 2.75) is 63.6 Å². The van der Waals surface area contributed by atoms with Crippen LogP contribution < -0.4 is 0 Å². The molecule has 0 aromatic heterocycles. The van der Waals surface area contributed by atoms with Crippen molar-refractivity contribution in [1.29, 1.82) is 0 Å². The van der Waals surface area contributed by atoms with E-state index in [2.05, 4.69) is 48.8 Å². The maximum Gasteiger partial charge on any atom is 0.0214 e. The first-order chi connectivity index (χ1) is 8.09. The third-order valence-electron chi connectivity index (χ3n) is 4.21. The number of benzene rings is 1. The van der Waals surface area contributed by atoms with Gasteiger partial charge < -0.3 is 0 Å². The standard InChI is InChI=1S/C16H23Br/c1-11-9-13(3)15(10-12(11)2)14-7-5-4-6-8-16(14)17/h9-10,14,16H,4-8H2,1-3H3. The zero-order chi connectivity index (χ0) is 12.4. The molecular formula is C16H23Br. The quantitative estimate of drug-likeness (QED) is 0.479. The molecule has 2 rings (SSSR count). The van der Waals surface area contributed by atoms with Crippen LogP contribution in [0.15, 0.2) is 12.1 Å². The largest absolute Gasteiger partial charge is 0.0884 e. The molecule has 2 unspecified atom stereocenters. The predicted octanol–water partition coefficient (Wildman–Crippen LogP) is 5.42. The molecule has 1 fully saturated rings. The average Bonchev–Trinajstić information content (AvgIpc) is 2.49. The lowest BCUT2D eigenvalue weighted by Gasteiger charge is -2.23. The number of alkyl halides is 1. The van der Waals surface area contributed by atoms with E-state index in [9.17, 15) is 0 Å². The molecule has 1 aliphatic carbocycles. The summed E-state index contributed by atoms with van der Waals surface area (Å²) in [6, 6.07) is 4.78. The number of hydrogen-bond acceptors (Lipinski definition) is 0. The fourth-order valence-corrected chi connectivity index (χ4v) is 3.87. The van der Waals surface area contributed by atoms with Crippen LogP contribution in [0.1, 0.15) is 60.3 Å². The van der Waals surface area contributed by atoms with Gasteiger partial charge in [-0.2, -0.15) is 0 Å². The van der Waals surface area contributed by atoms with Crippen molar-refractivity contribution in [3.63, 3.8) is 0 Å². The van der Waals surface area contributed by atoms with E-state index < -0.39 is 0 Å². The summed E-state index contributed by atoms with van der Waals surface area (Å²) in [5.41, 5.74) is 5.92. The molecule has 0 spiro atoms. The fourth-order valence-electron chi connectivity index (χ4n) is 3.00. The molecule has 0 aliphatic heterocycles. The third kappa shape index (κ3) is 2.93. The van der Waals surface area contributed by atoms with Gasteiger partial charge in [-0.25, -0.2) is 0 Å². The Morgan fingerprint density at radius 3 is 2.29 bits per heavy atom. The Morgan fingerprint density at radius 2 is 1.53 bits per heavy atom. The highest BCUT2D eigenvalue weighted by Gasteiger charge is 2.24. The molecule has 0 radical (unpaired) electrons. The summed E-state index contributed by atoms with van der Waals surface area (Å²) in [6.07, 6.45) is 6.86. The van der Waals surface area contributed by atoms with E-state index in [-0.39, 0.29) is 0 Å². The SMILES string of the molecule is Cc1cc(C)c(C2CCCCCC2Br)cc1C. The maximum absolute atomic E-state index is 3.92. The second-order valence-corrected chi connectivity index (χ2v) is 6.73. The highest BCUT2D eigenvalue weighted by molar-refractivity contribution is 9.09. The molecule has 1 saturated carbocycles. The van der Waals surface area contributed by atoms with Crippen LogP contribution >= 0.6 is 15.9 Å². The number of hydrogen-bond donors (Lipinski definition) is 0. The van der Waals surface area contributed by atoms with Crippen molar-refractivity contribution in [3.05, 3.63) is 34.4 Å². The number of aryl methyl sites for hydroxylation is 3. The van der Waals surface area contributed by atoms with Crippen molar-refractivity contribution >= 4 is 15.9 Å². The first-order valence-corrected chi connectivity index (χ1v) is 7.73. The molecule has 2 atom stereocenters. The average molecular weight is 295 g/mol. The van der Waals surface area contributed by atoms with Crippen LogP contribution in [-0.2, 0) is 0 Å². The third-order valence-corrected chi connectivity index (χ3v) is 5.31. The second-order valence-electron chi connectivity index (χ2n) is 5.55. The second kappa shape index (κ2) is 5.56. The van der Waals surface area contributed by atoms with Gasteiger partial charge in [-0.15, -0.1) is 0 Å². The maximum atomic E-state index is 3.92. The van der Waals surface area contributed by atoms with Gasteiger partial charge in [-0.05, 0) is 61.8 Å². The van der Waals surface area contributed by atoms with Crippen molar-refractivity contribution < 1.29 is 0 Å². The normalized spacial score (nSPS) is 25.6. The molecule has 94 valence electrons. The monoisotopic (exact) mass is 294 g/mol. The molecular weight excluding hydrogens is 272 g/mol. The highest BCUT2D eigenvalue weighted by atomic mass is 79.9. The molecule has 1 aromatic carbocycles. The van der Waals surface area contributed by atoms with Crippen LogP contribution in [0.2, 0.25) is 0 Å². The fraction of sp³-hybridized carbons (Fsp3) is 0.625. The lowest BCUT2D eigenvalue weighted by atomic mass is 9.86. The van der Waals surface area contributed by atoms with E-state index in [1.165, 1.54) is 48.8 Å². The van der Waals surface area contributed by atoms with Gasteiger partial charge >= 0.3 is 0 Å². The minimum absolute atomic E-state index is 0.672. The van der Waals surface area contributed by atoms with E-state index in [0.29, 0.717) is 4.83 Å². The summed E-state index contributed by atoms with van der Waals surface area (Å²) < 4.78 is 0. The molecule has 0 amide bonds. The zero-order valence-electron chi connectivity index (χ0n) is 11.2. The van der Waals surface area contributed by atoms with Crippen LogP contribution in [0.4, 0.5) is 0 Å². The van der Waals surface area contributed by atoms with Gasteiger partial charge in [0.15, 0.2) is 0 Å². The lowest BCUT2D eigenvalue weighted by molar-refractivity contribution is 0.609. The van der Waals surface area contributed by atoms with Crippen LogP contribution in [0.25, 0.3) is 0 Å². The Hall–Kier alpha value is -0.300. The van der Waals surface area contributed by atoms with Gasteiger partial charge in [0, 0.05) is 4.83 Å². The molecule has 1 aliphatic rings. The van der Waals surface area contributed by atoms with Crippen LogP contribution in [0.3, 0.4) is 0 Å². The van der Waals surface area contributed by atoms with E-state index in [1.807, 2.05) is 0 Å². The Bertz CT molecular complexity index is 395. The van der Waals surface area contributed by atoms with E-state index in [4.69, 9.17) is 0 Å². The van der Waals surface area contributed by atoms with Crippen molar-refractivity contribution in [2.24, 2.45) is 0 Å². The van der Waals surface area contributed by atoms with E-state index in [0.717, 1.165) is 5.92 Å². The smallest absolute Gasteiger partial charge is 0.0214 e. The van der Waals surface area contributed by atoms with E-state index >= 15 is 0 Å². The van der Waals surface area contributed by atoms with Gasteiger partial charge in [-0.3, -0.25) is 0 Å². The number of rotatable bonds is 1. The topological polar surface area (TPSA) is 0 Å². The van der Waals surface area contributed by atoms with Gasteiger partial charge in [0.1, 0.15) is 0 Å². The van der Waals surface area contributed by atoms with Gasteiger partial charge in [0.05, 0.1) is 0 Å². The first-order valence-electron chi connectivity index (χ1n) is 6.81. The molecule has 0 nitrogen and oxygen atoms in total. The van der Waals surface area contributed by atoms with E-state index in [1.54, 1.807) is 5.56 Å². The molecule has 0 saturated heterocycles. The van der Waals surface area contributed by atoms with Crippen LogP contribution in [-0.4, -0.2) is 4.83 Å². The minimum Gasteiger partial charge on any atom is -0.0884 e. The summed E-state index contributed by atoms with van der Waals surface area (Å²) in [6.45, 7) is 6.72. The molecule has 0 bridgehead atoms. The minimum atomic E-state index is 0.672. The summed E-state index contributed by atoms with van der Waals surface area (Å²) in [5, 5.41) is 0. The van der Waals surface area contributed by atoms with Crippen LogP contribution in [0, 0.1) is 20.8 Å². The Labute approximate surface area is 114 Å². The summed E-state index contributed by atoms with van der Waals surface area (Å²) in [5.74, 6) is 0.719. The predicted molar refractivity (Wildman–Crippen MR) is 79.2 cm³/mol. The van der Waals surface area contributed by atoms with Crippen molar-refractivity contribution in [1.82, 2.24) is 0 Å². The van der Waals surface area contributed by atoms with Crippen LogP contribution in [0.5, 0.6) is 0 Å². The lowest BCUT2D eigenvalue weighted by Crippen LogP contribution is -2.12. The molecule has 1 heteroatoms. The van der Waals surface area contributed by atoms with Gasteiger partial charge in [0.25, 0.3) is 0 Å². The summed E-state index contributed by atoms with van der Waals surface area (Å²) >= 11 is 3.92. The Kier molecular flexibility index (Phi) is 4.30. The Morgan fingerprint density at radius 1 is 0.882 bits per heavy atom. The first kappa shape index (κ1) is 13.1. The van der Waals surface area contributed by atoms with Gasteiger partial charge in [0.2, 0.25) is 0 Å². The molecule has 0 N–H and O–H groups in total. The number of halogens is 1. The zero-order valence-corrected chi connectivity index (χ0v) is 12.8. The molecule has 0 heterocycles. The summed E-state index contributed by atoms with van der Waals surface area (Å²) in [7, 11) is 0. The van der Waals surface area contributed by atoms with Gasteiger partial charge in [-0.1, -0.05) is 47.3 Å². The van der Waals surface area contributed by atoms with Crippen molar-refractivity contribution in [2.75, 3.05) is 0 Å². The summed E-state index contributed by atoms with van der Waals surface area (Å²) in [4.78, 5) is 0.672. The molecule has 17 heavy (non-hydrogen) atoms. The molecule has 1 aromatic rings. The Balaban J connectivity index is 2.34. The highest BCUT2D eigenvalue weighted by Crippen LogP contribution is 2.38.